The minimum atomic E-state index is 0.770. The standard InChI is InChI=1S/C19H29N5O/c1-20-19(21-7-10-23-11-13-25-14-12-23)22-16-17-5-4-6-18(15-17)24-8-2-3-9-24/h2-6,15H,7-14,16H2,1H3,(H2,20,21,22). The Hall–Kier alpha value is -2.05. The van der Waals surface area contributed by atoms with Crippen LogP contribution in [0.25, 0.3) is 0 Å². The molecule has 2 aliphatic rings. The number of hydrogen-bond acceptors (Lipinski definition) is 4. The summed E-state index contributed by atoms with van der Waals surface area (Å²) in [7, 11) is 1.82. The fourth-order valence-corrected chi connectivity index (χ4v) is 3.12. The number of hydrogen-bond donors (Lipinski definition) is 2. The van der Waals surface area contributed by atoms with Gasteiger partial charge in [-0.3, -0.25) is 9.89 Å². The molecule has 2 N–H and O–H groups in total. The van der Waals surface area contributed by atoms with E-state index >= 15 is 0 Å². The molecule has 2 heterocycles. The monoisotopic (exact) mass is 343 g/mol. The first kappa shape index (κ1) is 17.8. The van der Waals surface area contributed by atoms with Crippen molar-refractivity contribution in [1.29, 1.82) is 0 Å². The van der Waals surface area contributed by atoms with Gasteiger partial charge in [-0.15, -0.1) is 0 Å². The SMILES string of the molecule is CN=C(NCCN1CCOCC1)NCc1cccc(N2CC=CC2)c1. The third-order valence-electron chi connectivity index (χ3n) is 4.60. The van der Waals surface area contributed by atoms with Crippen molar-refractivity contribution in [1.82, 2.24) is 15.5 Å². The fraction of sp³-hybridized carbons (Fsp3) is 0.526. The van der Waals surface area contributed by atoms with Gasteiger partial charge in [-0.1, -0.05) is 24.3 Å². The number of nitrogens with one attached hydrogen (secondary N) is 2. The molecule has 136 valence electrons. The van der Waals surface area contributed by atoms with E-state index < -0.39 is 0 Å². The molecular formula is C19H29N5O. The number of nitrogens with zero attached hydrogens (tertiary/aromatic N) is 3. The van der Waals surface area contributed by atoms with E-state index in [-0.39, 0.29) is 0 Å². The van der Waals surface area contributed by atoms with Crippen molar-refractivity contribution in [2.45, 2.75) is 6.54 Å². The van der Waals surface area contributed by atoms with Gasteiger partial charge in [0.05, 0.1) is 13.2 Å². The van der Waals surface area contributed by atoms with Gasteiger partial charge in [-0.2, -0.15) is 0 Å². The number of benzene rings is 1. The van der Waals surface area contributed by atoms with E-state index in [1.807, 2.05) is 7.05 Å². The van der Waals surface area contributed by atoms with Crippen molar-refractivity contribution in [2.24, 2.45) is 4.99 Å². The van der Waals surface area contributed by atoms with Crippen LogP contribution in [-0.2, 0) is 11.3 Å². The van der Waals surface area contributed by atoms with Crippen LogP contribution in [0.1, 0.15) is 5.56 Å². The lowest BCUT2D eigenvalue weighted by Crippen LogP contribution is -2.44. The average Bonchev–Trinajstić information content (AvgIpc) is 3.20. The lowest BCUT2D eigenvalue weighted by atomic mass is 10.2. The normalized spacial score (nSPS) is 18.6. The van der Waals surface area contributed by atoms with Crippen LogP contribution in [0, 0.1) is 0 Å². The molecule has 0 aromatic heterocycles. The summed E-state index contributed by atoms with van der Waals surface area (Å²) in [5, 5.41) is 6.80. The highest BCUT2D eigenvalue weighted by Crippen LogP contribution is 2.18. The van der Waals surface area contributed by atoms with Crippen molar-refractivity contribution in [2.75, 3.05) is 64.4 Å². The Labute approximate surface area is 150 Å². The quantitative estimate of drug-likeness (QED) is 0.460. The first-order chi connectivity index (χ1) is 12.3. The zero-order valence-corrected chi connectivity index (χ0v) is 15.1. The van der Waals surface area contributed by atoms with Crippen LogP contribution in [0.5, 0.6) is 0 Å². The molecule has 0 atom stereocenters. The minimum absolute atomic E-state index is 0.770. The lowest BCUT2D eigenvalue weighted by Gasteiger charge is -2.26. The van der Waals surface area contributed by atoms with E-state index in [0.717, 1.165) is 65.0 Å². The summed E-state index contributed by atoms with van der Waals surface area (Å²) in [6.45, 7) is 8.40. The van der Waals surface area contributed by atoms with Crippen molar-refractivity contribution in [3.8, 4) is 0 Å². The summed E-state index contributed by atoms with van der Waals surface area (Å²) < 4.78 is 5.38. The molecule has 0 aliphatic carbocycles. The summed E-state index contributed by atoms with van der Waals surface area (Å²) in [6, 6.07) is 8.70. The molecule has 1 fully saturated rings. The molecular weight excluding hydrogens is 314 g/mol. The smallest absolute Gasteiger partial charge is 0.191 e. The predicted octanol–water partition coefficient (Wildman–Crippen LogP) is 1.06. The van der Waals surface area contributed by atoms with Crippen LogP contribution in [-0.4, -0.2) is 70.4 Å². The van der Waals surface area contributed by atoms with Gasteiger partial charge in [-0.05, 0) is 17.7 Å². The van der Waals surface area contributed by atoms with Gasteiger partial charge in [0, 0.05) is 58.5 Å². The predicted molar refractivity (Wildman–Crippen MR) is 103 cm³/mol. The summed E-state index contributed by atoms with van der Waals surface area (Å²) in [5.41, 5.74) is 2.54. The summed E-state index contributed by atoms with van der Waals surface area (Å²) in [5.74, 6) is 0.849. The van der Waals surface area contributed by atoms with E-state index in [2.05, 4.69) is 61.8 Å². The highest BCUT2D eigenvalue weighted by Gasteiger charge is 2.10. The molecule has 0 spiro atoms. The van der Waals surface area contributed by atoms with Crippen LogP contribution in [0.4, 0.5) is 5.69 Å². The van der Waals surface area contributed by atoms with Gasteiger partial charge < -0.3 is 20.3 Å². The Morgan fingerprint density at radius 3 is 2.72 bits per heavy atom. The maximum atomic E-state index is 5.38. The summed E-state index contributed by atoms with van der Waals surface area (Å²) in [6.07, 6.45) is 4.43. The zero-order chi connectivity index (χ0) is 17.3. The van der Waals surface area contributed by atoms with Gasteiger partial charge in [0.15, 0.2) is 5.96 Å². The van der Waals surface area contributed by atoms with E-state index in [4.69, 9.17) is 4.74 Å². The Balaban J connectivity index is 1.42. The molecule has 6 nitrogen and oxygen atoms in total. The third kappa shape index (κ3) is 5.47. The molecule has 1 aromatic rings. The van der Waals surface area contributed by atoms with Crippen molar-refractivity contribution in [3.63, 3.8) is 0 Å². The van der Waals surface area contributed by atoms with Gasteiger partial charge in [-0.25, -0.2) is 0 Å². The third-order valence-corrected chi connectivity index (χ3v) is 4.60. The molecule has 0 radical (unpaired) electrons. The maximum Gasteiger partial charge on any atom is 0.191 e. The lowest BCUT2D eigenvalue weighted by molar-refractivity contribution is 0.0389. The van der Waals surface area contributed by atoms with E-state index in [0.29, 0.717) is 0 Å². The maximum absolute atomic E-state index is 5.38. The second kappa shape index (κ2) is 9.44. The topological polar surface area (TPSA) is 52.1 Å². The first-order valence-electron chi connectivity index (χ1n) is 9.08. The number of aliphatic imine (C=N–C) groups is 1. The molecule has 0 unspecified atom stereocenters. The molecule has 3 rings (SSSR count). The van der Waals surface area contributed by atoms with Crippen LogP contribution in [0.3, 0.4) is 0 Å². The largest absolute Gasteiger partial charge is 0.379 e. The van der Waals surface area contributed by atoms with E-state index in [1.54, 1.807) is 0 Å². The zero-order valence-electron chi connectivity index (χ0n) is 15.1. The molecule has 25 heavy (non-hydrogen) atoms. The highest BCUT2D eigenvalue weighted by molar-refractivity contribution is 5.79. The van der Waals surface area contributed by atoms with Crippen molar-refractivity contribution < 1.29 is 4.74 Å². The molecule has 0 bridgehead atoms. The van der Waals surface area contributed by atoms with E-state index in [9.17, 15) is 0 Å². The molecule has 6 heteroatoms. The van der Waals surface area contributed by atoms with Gasteiger partial charge >= 0.3 is 0 Å². The Bertz CT molecular complexity index is 587. The molecule has 0 amide bonds. The highest BCUT2D eigenvalue weighted by atomic mass is 16.5. The van der Waals surface area contributed by atoms with Crippen LogP contribution in [0.2, 0.25) is 0 Å². The summed E-state index contributed by atoms with van der Waals surface area (Å²) >= 11 is 0. The molecule has 0 saturated carbocycles. The fourth-order valence-electron chi connectivity index (χ4n) is 3.12. The molecule has 1 saturated heterocycles. The van der Waals surface area contributed by atoms with Crippen LogP contribution < -0.4 is 15.5 Å². The minimum Gasteiger partial charge on any atom is -0.379 e. The van der Waals surface area contributed by atoms with Gasteiger partial charge in [0.2, 0.25) is 0 Å². The van der Waals surface area contributed by atoms with E-state index in [1.165, 1.54) is 11.3 Å². The number of morpholine rings is 1. The Morgan fingerprint density at radius 2 is 1.96 bits per heavy atom. The van der Waals surface area contributed by atoms with Crippen molar-refractivity contribution in [3.05, 3.63) is 42.0 Å². The van der Waals surface area contributed by atoms with Gasteiger partial charge in [0.1, 0.15) is 0 Å². The average molecular weight is 343 g/mol. The number of rotatable bonds is 6. The van der Waals surface area contributed by atoms with Gasteiger partial charge in [0.25, 0.3) is 0 Å². The summed E-state index contributed by atoms with van der Waals surface area (Å²) in [4.78, 5) is 9.09. The first-order valence-corrected chi connectivity index (χ1v) is 9.08. The number of ether oxygens (including phenoxy) is 1. The van der Waals surface area contributed by atoms with Crippen LogP contribution in [0.15, 0.2) is 41.4 Å². The number of guanidine groups is 1. The molecule has 1 aromatic carbocycles. The molecule has 2 aliphatic heterocycles. The van der Waals surface area contributed by atoms with Crippen molar-refractivity contribution >= 4 is 11.6 Å². The number of anilines is 1. The second-order valence-corrected chi connectivity index (χ2v) is 6.35. The second-order valence-electron chi connectivity index (χ2n) is 6.35. The Kier molecular flexibility index (Phi) is 6.71. The Morgan fingerprint density at radius 1 is 1.16 bits per heavy atom. The van der Waals surface area contributed by atoms with Crippen LogP contribution >= 0.6 is 0 Å².